The Morgan fingerprint density at radius 2 is 1.69 bits per heavy atom. The molecule has 5 nitrogen and oxygen atoms in total. The number of hydrogen-bond acceptors (Lipinski definition) is 3. The molecule has 0 aliphatic carbocycles. The van der Waals surface area contributed by atoms with Gasteiger partial charge in [0.25, 0.3) is 0 Å². The standard InChI is InChI=1S/C20H23FN2O3/c1-14(2)18(19(24)22-12-16-10-6-7-11-17(16)21)23-20(25)26-13-15-8-4-3-5-9-15/h3-11,14,18H,12-13H2,1-2H3,(H,22,24)(H,23,25)/t18-/m1/s1. The minimum Gasteiger partial charge on any atom is -0.445 e. The molecule has 0 bridgehead atoms. The summed E-state index contributed by atoms with van der Waals surface area (Å²) in [5, 5.41) is 5.22. The Morgan fingerprint density at radius 3 is 2.35 bits per heavy atom. The molecule has 0 heterocycles. The average Bonchev–Trinajstić information content (AvgIpc) is 2.64. The molecule has 0 unspecified atom stereocenters. The zero-order valence-electron chi connectivity index (χ0n) is 14.9. The highest BCUT2D eigenvalue weighted by Gasteiger charge is 2.24. The minimum atomic E-state index is -0.773. The maximum absolute atomic E-state index is 13.6. The summed E-state index contributed by atoms with van der Waals surface area (Å²) in [6.07, 6.45) is -0.673. The molecule has 2 rings (SSSR count). The Balaban J connectivity index is 1.87. The van der Waals surface area contributed by atoms with Crippen LogP contribution in [0.25, 0.3) is 0 Å². The summed E-state index contributed by atoms with van der Waals surface area (Å²) in [4.78, 5) is 24.4. The first kappa shape index (κ1) is 19.4. The molecule has 0 aromatic heterocycles. The van der Waals surface area contributed by atoms with E-state index in [1.807, 2.05) is 44.2 Å². The van der Waals surface area contributed by atoms with Gasteiger partial charge in [-0.05, 0) is 17.5 Å². The number of amides is 2. The molecule has 138 valence electrons. The second-order valence-corrected chi connectivity index (χ2v) is 6.24. The van der Waals surface area contributed by atoms with Gasteiger partial charge in [0.05, 0.1) is 0 Å². The Labute approximate surface area is 152 Å². The zero-order chi connectivity index (χ0) is 18.9. The number of halogens is 1. The fourth-order valence-electron chi connectivity index (χ4n) is 2.36. The van der Waals surface area contributed by atoms with Crippen LogP contribution in [0.2, 0.25) is 0 Å². The van der Waals surface area contributed by atoms with Gasteiger partial charge in [-0.1, -0.05) is 62.4 Å². The van der Waals surface area contributed by atoms with Crippen molar-refractivity contribution in [2.75, 3.05) is 0 Å². The highest BCUT2D eigenvalue weighted by atomic mass is 19.1. The average molecular weight is 358 g/mol. The zero-order valence-corrected chi connectivity index (χ0v) is 14.9. The SMILES string of the molecule is CC(C)[C@@H](NC(=O)OCc1ccccc1)C(=O)NCc1ccccc1F. The third-order valence-electron chi connectivity index (χ3n) is 3.85. The quantitative estimate of drug-likeness (QED) is 0.797. The van der Waals surface area contributed by atoms with Crippen molar-refractivity contribution in [2.45, 2.75) is 33.0 Å². The van der Waals surface area contributed by atoms with E-state index in [1.165, 1.54) is 6.07 Å². The fraction of sp³-hybridized carbons (Fsp3) is 0.300. The third kappa shape index (κ3) is 5.88. The van der Waals surface area contributed by atoms with Gasteiger partial charge in [-0.2, -0.15) is 0 Å². The maximum Gasteiger partial charge on any atom is 0.408 e. The van der Waals surface area contributed by atoms with Crippen LogP contribution in [0.1, 0.15) is 25.0 Å². The summed E-state index contributed by atoms with van der Waals surface area (Å²) in [7, 11) is 0. The molecule has 6 heteroatoms. The molecule has 0 spiro atoms. The van der Waals surface area contributed by atoms with Gasteiger partial charge < -0.3 is 15.4 Å². The van der Waals surface area contributed by atoms with Crippen LogP contribution < -0.4 is 10.6 Å². The molecule has 2 N–H and O–H groups in total. The van der Waals surface area contributed by atoms with Gasteiger partial charge in [-0.25, -0.2) is 9.18 Å². The van der Waals surface area contributed by atoms with Crippen LogP contribution in [-0.4, -0.2) is 18.0 Å². The van der Waals surface area contributed by atoms with Crippen molar-refractivity contribution in [1.29, 1.82) is 0 Å². The van der Waals surface area contributed by atoms with Crippen LogP contribution >= 0.6 is 0 Å². The maximum atomic E-state index is 13.6. The normalized spacial score (nSPS) is 11.7. The molecule has 2 aromatic rings. The van der Waals surface area contributed by atoms with Crippen molar-refractivity contribution in [3.05, 3.63) is 71.5 Å². The third-order valence-corrected chi connectivity index (χ3v) is 3.85. The van der Waals surface area contributed by atoms with Crippen molar-refractivity contribution < 1.29 is 18.7 Å². The Bertz CT molecular complexity index is 735. The highest BCUT2D eigenvalue weighted by Crippen LogP contribution is 2.08. The molecular formula is C20H23FN2O3. The second kappa shape index (κ2) is 9.56. The van der Waals surface area contributed by atoms with Crippen molar-refractivity contribution >= 4 is 12.0 Å². The van der Waals surface area contributed by atoms with Gasteiger partial charge >= 0.3 is 6.09 Å². The fourth-order valence-corrected chi connectivity index (χ4v) is 2.36. The molecule has 0 fully saturated rings. The van der Waals surface area contributed by atoms with E-state index in [0.29, 0.717) is 5.56 Å². The van der Waals surface area contributed by atoms with Crippen molar-refractivity contribution in [3.8, 4) is 0 Å². The number of carbonyl (C=O) groups excluding carboxylic acids is 2. The van der Waals surface area contributed by atoms with E-state index in [1.54, 1.807) is 18.2 Å². The van der Waals surface area contributed by atoms with E-state index in [2.05, 4.69) is 10.6 Å². The lowest BCUT2D eigenvalue weighted by atomic mass is 10.0. The van der Waals surface area contributed by atoms with Crippen LogP contribution in [-0.2, 0) is 22.7 Å². The number of alkyl carbamates (subject to hydrolysis) is 1. The molecule has 0 saturated carbocycles. The van der Waals surface area contributed by atoms with Crippen molar-refractivity contribution in [3.63, 3.8) is 0 Å². The van der Waals surface area contributed by atoms with Crippen molar-refractivity contribution in [1.82, 2.24) is 10.6 Å². The monoisotopic (exact) mass is 358 g/mol. The van der Waals surface area contributed by atoms with E-state index in [-0.39, 0.29) is 30.8 Å². The number of ether oxygens (including phenoxy) is 1. The lowest BCUT2D eigenvalue weighted by Crippen LogP contribution is -2.49. The van der Waals surface area contributed by atoms with Crippen LogP contribution in [0.15, 0.2) is 54.6 Å². The van der Waals surface area contributed by atoms with Gasteiger partial charge in [0.1, 0.15) is 18.5 Å². The number of benzene rings is 2. The lowest BCUT2D eigenvalue weighted by Gasteiger charge is -2.21. The van der Waals surface area contributed by atoms with E-state index in [9.17, 15) is 14.0 Å². The smallest absolute Gasteiger partial charge is 0.408 e. The summed E-state index contributed by atoms with van der Waals surface area (Å²) in [6.45, 7) is 3.79. The van der Waals surface area contributed by atoms with Crippen molar-refractivity contribution in [2.24, 2.45) is 5.92 Å². The summed E-state index contributed by atoms with van der Waals surface area (Å²) in [5.74, 6) is -0.927. The first-order valence-corrected chi connectivity index (χ1v) is 8.45. The van der Waals surface area contributed by atoms with E-state index >= 15 is 0 Å². The van der Waals surface area contributed by atoms with Gasteiger partial charge in [-0.3, -0.25) is 4.79 Å². The Hall–Kier alpha value is -2.89. The van der Waals surface area contributed by atoms with Crippen LogP contribution in [0, 0.1) is 11.7 Å². The summed E-state index contributed by atoms with van der Waals surface area (Å²) < 4.78 is 18.8. The topological polar surface area (TPSA) is 67.4 Å². The predicted octanol–water partition coefficient (Wildman–Crippen LogP) is 3.39. The first-order valence-electron chi connectivity index (χ1n) is 8.45. The minimum absolute atomic E-state index is 0.0511. The molecule has 2 amide bonds. The second-order valence-electron chi connectivity index (χ2n) is 6.24. The molecule has 2 aromatic carbocycles. The van der Waals surface area contributed by atoms with Gasteiger partial charge in [0, 0.05) is 12.1 Å². The Morgan fingerprint density at radius 1 is 1.04 bits per heavy atom. The van der Waals surface area contributed by atoms with Crippen LogP contribution in [0.5, 0.6) is 0 Å². The van der Waals surface area contributed by atoms with Gasteiger partial charge in [0.2, 0.25) is 5.91 Å². The summed E-state index contributed by atoms with van der Waals surface area (Å²) in [6, 6.07) is 14.7. The van der Waals surface area contributed by atoms with E-state index in [4.69, 9.17) is 4.74 Å². The predicted molar refractivity (Wildman–Crippen MR) is 96.6 cm³/mol. The molecule has 0 aliphatic heterocycles. The number of rotatable bonds is 7. The van der Waals surface area contributed by atoms with E-state index in [0.717, 1.165) is 5.56 Å². The van der Waals surface area contributed by atoms with Gasteiger partial charge in [0.15, 0.2) is 0 Å². The lowest BCUT2D eigenvalue weighted by molar-refractivity contribution is -0.124. The highest BCUT2D eigenvalue weighted by molar-refractivity contribution is 5.85. The van der Waals surface area contributed by atoms with Crippen LogP contribution in [0.4, 0.5) is 9.18 Å². The molecule has 26 heavy (non-hydrogen) atoms. The first-order chi connectivity index (χ1) is 12.5. The number of nitrogens with one attached hydrogen (secondary N) is 2. The summed E-state index contributed by atoms with van der Waals surface area (Å²) >= 11 is 0. The van der Waals surface area contributed by atoms with E-state index < -0.39 is 12.1 Å². The molecule has 0 radical (unpaired) electrons. The molecular weight excluding hydrogens is 335 g/mol. The molecule has 0 aliphatic rings. The molecule has 0 saturated heterocycles. The Kier molecular flexibility index (Phi) is 7.14. The van der Waals surface area contributed by atoms with Crippen LogP contribution in [0.3, 0.4) is 0 Å². The number of hydrogen-bond donors (Lipinski definition) is 2. The molecule has 1 atom stereocenters. The summed E-state index contributed by atoms with van der Waals surface area (Å²) in [5.41, 5.74) is 1.24. The largest absolute Gasteiger partial charge is 0.445 e. The number of carbonyl (C=O) groups is 2. The van der Waals surface area contributed by atoms with Gasteiger partial charge in [-0.15, -0.1) is 0 Å².